The molecule has 2 rings (SSSR count). The van der Waals surface area contributed by atoms with Crippen molar-refractivity contribution < 1.29 is 9.47 Å². The maximum absolute atomic E-state index is 5.76. The highest BCUT2D eigenvalue weighted by molar-refractivity contribution is 5.47. The Morgan fingerprint density at radius 2 is 1.59 bits per heavy atom. The lowest BCUT2D eigenvalue weighted by molar-refractivity contribution is 0.265. The van der Waals surface area contributed by atoms with Gasteiger partial charge in [0.2, 0.25) is 0 Å². The largest absolute Gasteiger partial charge is 0.494 e. The molecule has 2 aromatic carbocycles. The fraction of sp³-hybridized carbons (Fsp3) is 0.368. The van der Waals surface area contributed by atoms with Crippen LogP contribution < -0.4 is 15.2 Å². The second-order valence-electron chi connectivity index (χ2n) is 5.43. The van der Waals surface area contributed by atoms with E-state index in [-0.39, 0.29) is 0 Å². The van der Waals surface area contributed by atoms with Crippen LogP contribution in [-0.2, 0) is 6.42 Å². The van der Waals surface area contributed by atoms with Gasteiger partial charge in [0.15, 0.2) is 0 Å². The van der Waals surface area contributed by atoms with Crippen LogP contribution in [0.25, 0.3) is 0 Å². The molecule has 3 heteroatoms. The monoisotopic (exact) mass is 299 g/mol. The number of benzene rings is 2. The molecule has 0 aliphatic heterocycles. The Balaban J connectivity index is 1.63. The van der Waals surface area contributed by atoms with Crippen LogP contribution in [0.2, 0.25) is 0 Å². The number of ether oxygens (including phenoxy) is 2. The van der Waals surface area contributed by atoms with Crippen molar-refractivity contribution in [1.29, 1.82) is 0 Å². The smallest absolute Gasteiger partial charge is 0.124 e. The van der Waals surface area contributed by atoms with Crippen LogP contribution >= 0.6 is 0 Å². The highest BCUT2D eigenvalue weighted by atomic mass is 16.5. The third-order valence-corrected chi connectivity index (χ3v) is 3.61. The summed E-state index contributed by atoms with van der Waals surface area (Å²) in [5.41, 5.74) is 8.94. The molecule has 0 amide bonds. The van der Waals surface area contributed by atoms with Crippen molar-refractivity contribution in [2.24, 2.45) is 0 Å². The quantitative estimate of drug-likeness (QED) is 0.581. The van der Waals surface area contributed by atoms with Crippen molar-refractivity contribution in [3.63, 3.8) is 0 Å². The van der Waals surface area contributed by atoms with Crippen molar-refractivity contribution in [3.05, 3.63) is 53.6 Å². The molecule has 0 unspecified atom stereocenters. The lowest BCUT2D eigenvalue weighted by Crippen LogP contribution is -2.03. The summed E-state index contributed by atoms with van der Waals surface area (Å²) in [4.78, 5) is 0. The molecule has 0 bridgehead atoms. The zero-order chi connectivity index (χ0) is 15.8. The molecule has 0 fully saturated rings. The first-order valence-corrected chi connectivity index (χ1v) is 7.89. The van der Waals surface area contributed by atoms with Crippen LogP contribution in [-0.4, -0.2) is 13.2 Å². The predicted octanol–water partition coefficient (Wildman–Crippen LogP) is 4.38. The zero-order valence-electron chi connectivity index (χ0n) is 13.5. The molecule has 0 spiro atoms. The van der Waals surface area contributed by atoms with E-state index in [1.165, 1.54) is 5.56 Å². The number of hydrogen-bond acceptors (Lipinski definition) is 3. The summed E-state index contributed by atoms with van der Waals surface area (Å²) in [6, 6.07) is 14.0. The van der Waals surface area contributed by atoms with Crippen molar-refractivity contribution in [3.8, 4) is 11.5 Å². The minimum Gasteiger partial charge on any atom is -0.494 e. The molecule has 3 nitrogen and oxygen atoms in total. The minimum absolute atomic E-state index is 0.683. The van der Waals surface area contributed by atoms with Gasteiger partial charge in [0.25, 0.3) is 0 Å². The zero-order valence-corrected chi connectivity index (χ0v) is 13.5. The Hall–Kier alpha value is -2.16. The molecular formula is C19H25NO2. The molecule has 22 heavy (non-hydrogen) atoms. The highest BCUT2D eigenvalue weighted by Crippen LogP contribution is 2.21. The average molecular weight is 299 g/mol. The van der Waals surface area contributed by atoms with Crippen molar-refractivity contribution in [1.82, 2.24) is 0 Å². The highest BCUT2D eigenvalue weighted by Gasteiger charge is 2.00. The van der Waals surface area contributed by atoms with E-state index in [0.717, 1.165) is 42.0 Å². The maximum atomic E-state index is 5.76. The normalized spacial score (nSPS) is 10.5. The summed E-state index contributed by atoms with van der Waals surface area (Å²) >= 11 is 0. The van der Waals surface area contributed by atoms with Crippen molar-refractivity contribution >= 4 is 5.69 Å². The Bertz CT molecular complexity index is 578. The Morgan fingerprint density at radius 1 is 0.909 bits per heavy atom. The SMILES string of the molecule is CCc1ccc(OCCCCOc2cc(N)ccc2C)cc1. The van der Waals surface area contributed by atoms with Gasteiger partial charge < -0.3 is 15.2 Å². The molecule has 0 saturated carbocycles. The molecule has 0 atom stereocenters. The minimum atomic E-state index is 0.683. The van der Waals surface area contributed by atoms with E-state index in [2.05, 4.69) is 19.1 Å². The van der Waals surface area contributed by atoms with Gasteiger partial charge >= 0.3 is 0 Å². The molecule has 0 saturated heterocycles. The van der Waals surface area contributed by atoms with Crippen molar-refractivity contribution in [2.45, 2.75) is 33.1 Å². The van der Waals surface area contributed by atoms with Crippen LogP contribution in [0.15, 0.2) is 42.5 Å². The Morgan fingerprint density at radius 3 is 2.27 bits per heavy atom. The van der Waals surface area contributed by atoms with E-state index < -0.39 is 0 Å². The first-order valence-electron chi connectivity index (χ1n) is 7.89. The van der Waals surface area contributed by atoms with E-state index in [1.54, 1.807) is 0 Å². The fourth-order valence-electron chi connectivity index (χ4n) is 2.17. The Kier molecular flexibility index (Phi) is 6.13. The third kappa shape index (κ3) is 4.99. The lowest BCUT2D eigenvalue weighted by Gasteiger charge is -2.10. The maximum Gasteiger partial charge on any atom is 0.124 e. The summed E-state index contributed by atoms with van der Waals surface area (Å²) in [7, 11) is 0. The predicted molar refractivity (Wildman–Crippen MR) is 91.6 cm³/mol. The van der Waals surface area contributed by atoms with Gasteiger partial charge in [-0.25, -0.2) is 0 Å². The number of rotatable bonds is 8. The fourth-order valence-corrected chi connectivity index (χ4v) is 2.17. The van der Waals surface area contributed by atoms with Gasteiger partial charge in [-0.3, -0.25) is 0 Å². The number of nitrogens with two attached hydrogens (primary N) is 1. The number of hydrogen-bond donors (Lipinski definition) is 1. The van der Waals surface area contributed by atoms with Crippen molar-refractivity contribution in [2.75, 3.05) is 18.9 Å². The van der Waals surface area contributed by atoms with Crippen LogP contribution in [0.4, 0.5) is 5.69 Å². The summed E-state index contributed by atoms with van der Waals surface area (Å²) in [6.45, 7) is 5.57. The van der Waals surface area contributed by atoms with Gasteiger partial charge in [-0.05, 0) is 55.5 Å². The number of anilines is 1. The van der Waals surface area contributed by atoms with Gasteiger partial charge in [0.1, 0.15) is 11.5 Å². The number of aryl methyl sites for hydroxylation is 2. The molecule has 118 valence electrons. The second kappa shape index (κ2) is 8.32. The number of unbranched alkanes of at least 4 members (excludes halogenated alkanes) is 1. The van der Waals surface area contributed by atoms with E-state index >= 15 is 0 Å². The first kappa shape index (κ1) is 16.2. The van der Waals surface area contributed by atoms with Crippen LogP contribution in [0, 0.1) is 6.92 Å². The third-order valence-electron chi connectivity index (χ3n) is 3.61. The summed E-state index contributed by atoms with van der Waals surface area (Å²) < 4.78 is 11.5. The van der Waals surface area contributed by atoms with E-state index in [9.17, 15) is 0 Å². The standard InChI is InChI=1S/C19H25NO2/c1-3-16-7-10-18(11-8-16)21-12-4-5-13-22-19-14-17(20)9-6-15(19)2/h6-11,14H,3-5,12-13,20H2,1-2H3. The van der Waals surface area contributed by atoms with Crippen LogP contribution in [0.1, 0.15) is 30.9 Å². The van der Waals surface area contributed by atoms with Gasteiger partial charge in [0, 0.05) is 11.8 Å². The molecular weight excluding hydrogens is 274 g/mol. The summed E-state index contributed by atoms with van der Waals surface area (Å²) in [6.07, 6.45) is 2.99. The van der Waals surface area contributed by atoms with Gasteiger partial charge in [-0.15, -0.1) is 0 Å². The first-order chi connectivity index (χ1) is 10.7. The van der Waals surface area contributed by atoms with Gasteiger partial charge in [0.05, 0.1) is 13.2 Å². The van der Waals surface area contributed by atoms with Crippen LogP contribution in [0.5, 0.6) is 11.5 Å². The molecule has 0 aliphatic rings. The molecule has 2 N–H and O–H groups in total. The van der Waals surface area contributed by atoms with Gasteiger partial charge in [-0.1, -0.05) is 25.1 Å². The molecule has 0 heterocycles. The molecule has 0 aromatic heterocycles. The topological polar surface area (TPSA) is 44.5 Å². The molecule has 0 aliphatic carbocycles. The van der Waals surface area contributed by atoms with Crippen LogP contribution in [0.3, 0.4) is 0 Å². The summed E-state index contributed by atoms with van der Waals surface area (Å²) in [5, 5.41) is 0. The average Bonchev–Trinajstić information content (AvgIpc) is 2.54. The lowest BCUT2D eigenvalue weighted by atomic mass is 10.2. The molecule has 0 radical (unpaired) electrons. The Labute approximate surface area is 133 Å². The van der Waals surface area contributed by atoms with E-state index in [0.29, 0.717) is 13.2 Å². The number of nitrogen functional groups attached to an aromatic ring is 1. The van der Waals surface area contributed by atoms with Gasteiger partial charge in [-0.2, -0.15) is 0 Å². The molecule has 2 aromatic rings. The second-order valence-corrected chi connectivity index (χ2v) is 5.43. The summed E-state index contributed by atoms with van der Waals surface area (Å²) in [5.74, 6) is 1.81. The van der Waals surface area contributed by atoms with E-state index in [4.69, 9.17) is 15.2 Å². The van der Waals surface area contributed by atoms with E-state index in [1.807, 2.05) is 37.3 Å².